The highest BCUT2D eigenvalue weighted by molar-refractivity contribution is 9.10. The summed E-state index contributed by atoms with van der Waals surface area (Å²) in [5.74, 6) is 0.241. The van der Waals surface area contributed by atoms with Gasteiger partial charge in [0.05, 0.1) is 15.7 Å². The Morgan fingerprint density at radius 2 is 1.90 bits per heavy atom. The largest absolute Gasteiger partial charge is 0.372 e. The van der Waals surface area contributed by atoms with Gasteiger partial charge in [-0.1, -0.05) is 23.2 Å². The van der Waals surface area contributed by atoms with Crippen LogP contribution in [0.5, 0.6) is 0 Å². The highest BCUT2D eigenvalue weighted by atomic mass is 79.9. The molecule has 0 radical (unpaired) electrons. The molecule has 0 amide bonds. The monoisotopic (exact) mass is 409 g/mol. The highest BCUT2D eigenvalue weighted by Crippen LogP contribution is 2.28. The van der Waals surface area contributed by atoms with Crippen LogP contribution in [0.2, 0.25) is 10.0 Å². The summed E-state index contributed by atoms with van der Waals surface area (Å²) in [6.45, 7) is 0. The Morgan fingerprint density at radius 3 is 2.52 bits per heavy atom. The SMILES string of the molecule is CNc1ncc(Br)cc1S(=O)(=O)Nc1ccc(Cl)c(Cl)c1. The second kappa shape index (κ2) is 6.39. The minimum absolute atomic E-state index is 0.0189. The number of rotatable bonds is 4. The van der Waals surface area contributed by atoms with Gasteiger partial charge in [-0.2, -0.15) is 0 Å². The molecule has 0 bridgehead atoms. The van der Waals surface area contributed by atoms with E-state index in [1.54, 1.807) is 7.05 Å². The first-order valence-corrected chi connectivity index (χ1v) is 8.68. The average molecular weight is 411 g/mol. The number of benzene rings is 1. The van der Waals surface area contributed by atoms with Gasteiger partial charge in [0, 0.05) is 17.7 Å². The maximum atomic E-state index is 12.4. The van der Waals surface area contributed by atoms with Crippen LogP contribution in [0, 0.1) is 0 Å². The fraction of sp³-hybridized carbons (Fsp3) is 0.0833. The third-order valence-corrected chi connectivity index (χ3v) is 5.08. The molecular formula is C12H10BrCl2N3O2S. The molecule has 1 aromatic carbocycles. The van der Waals surface area contributed by atoms with Crippen LogP contribution < -0.4 is 10.0 Å². The minimum Gasteiger partial charge on any atom is -0.372 e. The van der Waals surface area contributed by atoms with E-state index in [4.69, 9.17) is 23.2 Å². The maximum Gasteiger partial charge on any atom is 0.265 e. The lowest BCUT2D eigenvalue weighted by Crippen LogP contribution is -2.15. The molecular weight excluding hydrogens is 401 g/mol. The first kappa shape index (κ1) is 16.4. The van der Waals surface area contributed by atoms with Gasteiger partial charge in [-0.15, -0.1) is 0 Å². The zero-order valence-corrected chi connectivity index (χ0v) is 14.6. The van der Waals surface area contributed by atoms with Crippen LogP contribution in [0.25, 0.3) is 0 Å². The van der Waals surface area contributed by atoms with Crippen LogP contribution in [-0.4, -0.2) is 20.4 Å². The van der Waals surface area contributed by atoms with E-state index in [0.29, 0.717) is 15.2 Å². The number of hydrogen-bond acceptors (Lipinski definition) is 4. The molecule has 0 aliphatic heterocycles. The Kier molecular flexibility index (Phi) is 4.98. The second-order valence-electron chi connectivity index (χ2n) is 3.98. The fourth-order valence-corrected chi connectivity index (χ4v) is 3.60. The second-order valence-corrected chi connectivity index (χ2v) is 7.37. The fourth-order valence-electron chi connectivity index (χ4n) is 1.58. The van der Waals surface area contributed by atoms with E-state index in [2.05, 4.69) is 31.0 Å². The summed E-state index contributed by atoms with van der Waals surface area (Å²) in [4.78, 5) is 4.03. The molecule has 2 aromatic rings. The summed E-state index contributed by atoms with van der Waals surface area (Å²) >= 11 is 14.9. The Morgan fingerprint density at radius 1 is 1.19 bits per heavy atom. The molecule has 0 spiro atoms. The van der Waals surface area contributed by atoms with Crippen LogP contribution in [0.3, 0.4) is 0 Å². The summed E-state index contributed by atoms with van der Waals surface area (Å²) in [7, 11) is -2.22. The smallest absolute Gasteiger partial charge is 0.265 e. The minimum atomic E-state index is -3.81. The van der Waals surface area contributed by atoms with Crippen LogP contribution >= 0.6 is 39.1 Å². The Hall–Kier alpha value is -1.02. The van der Waals surface area contributed by atoms with Crippen LogP contribution in [0.1, 0.15) is 0 Å². The third-order valence-electron chi connectivity index (χ3n) is 2.52. The molecule has 2 rings (SSSR count). The molecule has 9 heteroatoms. The predicted molar refractivity (Wildman–Crippen MR) is 88.8 cm³/mol. The molecule has 0 fully saturated rings. The number of nitrogens with one attached hydrogen (secondary N) is 2. The van der Waals surface area contributed by atoms with E-state index < -0.39 is 10.0 Å². The molecule has 1 heterocycles. The van der Waals surface area contributed by atoms with Crippen molar-refractivity contribution in [3.05, 3.63) is 45.0 Å². The summed E-state index contributed by atoms with van der Waals surface area (Å²) in [6.07, 6.45) is 1.50. The predicted octanol–water partition coefficient (Wildman–Crippen LogP) is 3.99. The lowest BCUT2D eigenvalue weighted by Gasteiger charge is -2.12. The normalized spacial score (nSPS) is 11.2. The van der Waals surface area contributed by atoms with Gasteiger partial charge in [0.2, 0.25) is 0 Å². The quantitative estimate of drug-likeness (QED) is 0.799. The Balaban J connectivity index is 2.42. The molecule has 5 nitrogen and oxygen atoms in total. The molecule has 0 saturated heterocycles. The number of pyridine rings is 1. The zero-order chi connectivity index (χ0) is 15.6. The van der Waals surface area contributed by atoms with Crippen molar-refractivity contribution < 1.29 is 8.42 Å². The van der Waals surface area contributed by atoms with Crippen molar-refractivity contribution in [1.82, 2.24) is 4.98 Å². The Bertz CT molecular complexity index is 784. The lowest BCUT2D eigenvalue weighted by atomic mass is 10.3. The standard InChI is InChI=1S/C12H10BrCl2N3O2S/c1-16-12-11(4-7(13)6-17-12)21(19,20)18-8-2-3-9(14)10(15)5-8/h2-6,18H,1H3,(H,16,17). The number of aromatic nitrogens is 1. The van der Waals surface area contributed by atoms with Crippen molar-refractivity contribution in [1.29, 1.82) is 0 Å². The molecule has 0 saturated carbocycles. The molecule has 0 unspecified atom stereocenters. The Labute approximate surface area is 140 Å². The number of nitrogens with zero attached hydrogens (tertiary/aromatic N) is 1. The topological polar surface area (TPSA) is 71.1 Å². The van der Waals surface area contributed by atoms with Crippen molar-refractivity contribution >= 4 is 60.7 Å². The van der Waals surface area contributed by atoms with E-state index in [0.717, 1.165) is 0 Å². The molecule has 21 heavy (non-hydrogen) atoms. The number of sulfonamides is 1. The van der Waals surface area contributed by atoms with E-state index >= 15 is 0 Å². The van der Waals surface area contributed by atoms with Crippen molar-refractivity contribution in [2.45, 2.75) is 4.90 Å². The van der Waals surface area contributed by atoms with E-state index in [-0.39, 0.29) is 15.7 Å². The van der Waals surface area contributed by atoms with E-state index in [9.17, 15) is 8.42 Å². The third kappa shape index (κ3) is 3.79. The number of anilines is 2. The zero-order valence-electron chi connectivity index (χ0n) is 10.7. The first-order chi connectivity index (χ1) is 9.83. The van der Waals surface area contributed by atoms with Crippen LogP contribution in [0.15, 0.2) is 39.8 Å². The molecule has 0 atom stereocenters. The molecule has 1 aromatic heterocycles. The van der Waals surface area contributed by atoms with Gasteiger partial charge in [0.15, 0.2) is 0 Å². The van der Waals surface area contributed by atoms with Gasteiger partial charge in [0.25, 0.3) is 10.0 Å². The van der Waals surface area contributed by atoms with Crippen LogP contribution in [-0.2, 0) is 10.0 Å². The van der Waals surface area contributed by atoms with E-state index in [1.807, 2.05) is 0 Å². The molecule has 0 aliphatic carbocycles. The van der Waals surface area contributed by atoms with Gasteiger partial charge >= 0.3 is 0 Å². The van der Waals surface area contributed by atoms with Gasteiger partial charge in [-0.05, 0) is 40.2 Å². The first-order valence-electron chi connectivity index (χ1n) is 5.64. The molecule has 2 N–H and O–H groups in total. The summed E-state index contributed by atoms with van der Waals surface area (Å²) in [5.41, 5.74) is 0.312. The van der Waals surface area contributed by atoms with E-state index in [1.165, 1.54) is 30.5 Å². The summed E-state index contributed by atoms with van der Waals surface area (Å²) < 4.78 is 27.9. The summed E-state index contributed by atoms with van der Waals surface area (Å²) in [6, 6.07) is 5.93. The highest BCUT2D eigenvalue weighted by Gasteiger charge is 2.20. The van der Waals surface area contributed by atoms with Crippen molar-refractivity contribution in [2.24, 2.45) is 0 Å². The van der Waals surface area contributed by atoms with Crippen molar-refractivity contribution in [2.75, 3.05) is 17.1 Å². The average Bonchev–Trinajstić information content (AvgIpc) is 2.42. The molecule has 0 aliphatic rings. The number of halogens is 3. The van der Waals surface area contributed by atoms with Crippen molar-refractivity contribution in [3.8, 4) is 0 Å². The van der Waals surface area contributed by atoms with Gasteiger partial charge in [0.1, 0.15) is 10.7 Å². The van der Waals surface area contributed by atoms with Gasteiger partial charge < -0.3 is 5.32 Å². The maximum absolute atomic E-state index is 12.4. The van der Waals surface area contributed by atoms with Gasteiger partial charge in [-0.3, -0.25) is 4.72 Å². The van der Waals surface area contributed by atoms with Crippen LogP contribution in [0.4, 0.5) is 11.5 Å². The molecule has 112 valence electrons. The number of hydrogen-bond donors (Lipinski definition) is 2. The summed E-state index contributed by atoms with van der Waals surface area (Å²) in [5, 5.41) is 3.35. The van der Waals surface area contributed by atoms with Crippen molar-refractivity contribution in [3.63, 3.8) is 0 Å². The van der Waals surface area contributed by atoms with Gasteiger partial charge in [-0.25, -0.2) is 13.4 Å². The lowest BCUT2D eigenvalue weighted by molar-refractivity contribution is 0.601.